The lowest BCUT2D eigenvalue weighted by atomic mass is 10.1. The predicted molar refractivity (Wildman–Crippen MR) is 86.0 cm³/mol. The van der Waals surface area contributed by atoms with E-state index in [1.807, 2.05) is 0 Å². The standard InChI is InChI=1S/C12H8Cl2N2O5S2/c13-9-6-10(16-23(14,20)21)11(7-12(9)17)15-22(18,19)8-4-2-1-3-5-8/h1-7,15H/b16-10-. The lowest BCUT2D eigenvalue weighted by molar-refractivity contribution is -0.110. The van der Waals surface area contributed by atoms with E-state index in [2.05, 4.69) is 9.12 Å². The number of carbonyl (C=O) groups excluding carboxylic acids is 1. The molecule has 0 saturated heterocycles. The van der Waals surface area contributed by atoms with Gasteiger partial charge in [-0.15, -0.1) is 4.40 Å². The second kappa shape index (κ2) is 6.44. The van der Waals surface area contributed by atoms with Gasteiger partial charge < -0.3 is 0 Å². The number of hydrogen-bond acceptors (Lipinski definition) is 5. The smallest absolute Gasteiger partial charge is 0.288 e. The molecule has 23 heavy (non-hydrogen) atoms. The summed E-state index contributed by atoms with van der Waals surface area (Å²) < 4.78 is 51.9. The molecule has 122 valence electrons. The van der Waals surface area contributed by atoms with Gasteiger partial charge >= 0.3 is 9.24 Å². The molecule has 0 spiro atoms. The number of carbonyl (C=O) groups is 1. The van der Waals surface area contributed by atoms with Crippen LogP contribution >= 0.6 is 22.3 Å². The predicted octanol–water partition coefficient (Wildman–Crippen LogP) is 1.48. The van der Waals surface area contributed by atoms with Gasteiger partial charge in [-0.1, -0.05) is 29.8 Å². The molecular formula is C12H8Cl2N2O5S2. The van der Waals surface area contributed by atoms with Gasteiger partial charge in [0.2, 0.25) is 0 Å². The van der Waals surface area contributed by atoms with E-state index in [0.29, 0.717) is 0 Å². The topological polar surface area (TPSA) is 110 Å². The third-order valence-electron chi connectivity index (χ3n) is 2.56. The summed E-state index contributed by atoms with van der Waals surface area (Å²) in [5, 5.41) is -0.327. The molecule has 1 aliphatic carbocycles. The van der Waals surface area contributed by atoms with Crippen molar-refractivity contribution in [3.8, 4) is 0 Å². The van der Waals surface area contributed by atoms with Gasteiger partial charge in [0.15, 0.2) is 5.78 Å². The number of ketones is 1. The number of allylic oxidation sites excluding steroid dienone is 3. The molecule has 1 N–H and O–H groups in total. The Hall–Kier alpha value is -1.68. The van der Waals surface area contributed by atoms with Gasteiger partial charge in [-0.3, -0.25) is 9.52 Å². The third-order valence-corrected chi connectivity index (χ3v) is 4.85. The lowest BCUT2D eigenvalue weighted by Crippen LogP contribution is -2.30. The van der Waals surface area contributed by atoms with E-state index in [1.165, 1.54) is 24.3 Å². The largest absolute Gasteiger partial charge is 0.340 e. The summed E-state index contributed by atoms with van der Waals surface area (Å²) in [7, 11) is -3.37. The van der Waals surface area contributed by atoms with Crippen LogP contribution in [0.3, 0.4) is 0 Å². The van der Waals surface area contributed by atoms with E-state index in [-0.39, 0.29) is 15.6 Å². The first-order valence-electron chi connectivity index (χ1n) is 5.84. The summed E-state index contributed by atoms with van der Waals surface area (Å²) in [6.07, 6.45) is 1.73. The fourth-order valence-corrected chi connectivity index (χ4v) is 3.47. The van der Waals surface area contributed by atoms with Gasteiger partial charge in [0, 0.05) is 16.8 Å². The van der Waals surface area contributed by atoms with Crippen molar-refractivity contribution in [3.05, 3.63) is 53.2 Å². The molecule has 1 aromatic carbocycles. The maximum Gasteiger partial charge on any atom is 0.340 e. The monoisotopic (exact) mass is 394 g/mol. The SMILES string of the molecule is O=C1C=C(NS(=O)(=O)c2ccccc2)/C(=N\S(=O)(=O)Cl)C=C1Cl. The number of nitrogens with zero attached hydrogens (tertiary/aromatic N) is 1. The third kappa shape index (κ3) is 4.64. The highest BCUT2D eigenvalue weighted by Crippen LogP contribution is 2.18. The van der Waals surface area contributed by atoms with Crippen LogP contribution in [0.15, 0.2) is 62.5 Å². The summed E-state index contributed by atoms with van der Waals surface area (Å²) in [5.74, 6) is -0.705. The summed E-state index contributed by atoms with van der Waals surface area (Å²) in [4.78, 5) is 11.5. The lowest BCUT2D eigenvalue weighted by Gasteiger charge is -2.14. The Morgan fingerprint density at radius 2 is 1.61 bits per heavy atom. The Morgan fingerprint density at radius 3 is 2.17 bits per heavy atom. The van der Waals surface area contributed by atoms with Crippen molar-refractivity contribution in [2.75, 3.05) is 0 Å². The minimum Gasteiger partial charge on any atom is -0.288 e. The molecule has 0 amide bonds. The number of halogens is 2. The Labute approximate surface area is 141 Å². The maximum atomic E-state index is 12.2. The average Bonchev–Trinajstić information content (AvgIpc) is 2.43. The van der Waals surface area contributed by atoms with Crippen molar-refractivity contribution in [3.63, 3.8) is 0 Å². The maximum absolute atomic E-state index is 12.2. The van der Waals surface area contributed by atoms with Crippen LogP contribution in [0.25, 0.3) is 0 Å². The van der Waals surface area contributed by atoms with Crippen LogP contribution in [0.1, 0.15) is 0 Å². The molecule has 0 unspecified atom stereocenters. The second-order valence-corrected chi connectivity index (χ2v) is 8.49. The van der Waals surface area contributed by atoms with Crippen molar-refractivity contribution in [1.29, 1.82) is 0 Å². The van der Waals surface area contributed by atoms with Crippen LogP contribution in [-0.4, -0.2) is 28.3 Å². The van der Waals surface area contributed by atoms with E-state index in [1.54, 1.807) is 6.07 Å². The Morgan fingerprint density at radius 1 is 1.00 bits per heavy atom. The second-order valence-electron chi connectivity index (χ2n) is 4.22. The number of nitrogens with one attached hydrogen (secondary N) is 1. The Kier molecular flexibility index (Phi) is 4.95. The first-order valence-corrected chi connectivity index (χ1v) is 9.97. The van der Waals surface area contributed by atoms with Crippen LogP contribution in [0.5, 0.6) is 0 Å². The Bertz CT molecular complexity index is 948. The molecule has 0 saturated carbocycles. The molecule has 7 nitrogen and oxygen atoms in total. The summed E-state index contributed by atoms with van der Waals surface area (Å²) >= 11 is 5.62. The molecule has 0 aromatic heterocycles. The normalized spacial score (nSPS) is 17.7. The average molecular weight is 395 g/mol. The van der Waals surface area contributed by atoms with Crippen LogP contribution in [0.4, 0.5) is 0 Å². The Balaban J connectivity index is 2.46. The molecule has 0 heterocycles. The van der Waals surface area contributed by atoms with E-state index in [9.17, 15) is 21.6 Å². The van der Waals surface area contributed by atoms with Crippen molar-refractivity contribution >= 4 is 53.0 Å². The molecule has 11 heteroatoms. The van der Waals surface area contributed by atoms with Gasteiger partial charge in [-0.25, -0.2) is 8.42 Å². The molecule has 1 aliphatic rings. The van der Waals surface area contributed by atoms with E-state index >= 15 is 0 Å². The fraction of sp³-hybridized carbons (Fsp3) is 0. The number of benzene rings is 1. The highest BCUT2D eigenvalue weighted by Gasteiger charge is 2.24. The summed E-state index contributed by atoms with van der Waals surface area (Å²) in [6.45, 7) is 0. The van der Waals surface area contributed by atoms with Gasteiger partial charge in [-0.2, -0.15) is 8.42 Å². The molecule has 0 bridgehead atoms. The van der Waals surface area contributed by atoms with Crippen molar-refractivity contribution < 1.29 is 21.6 Å². The number of hydrogen-bond donors (Lipinski definition) is 1. The minimum absolute atomic E-state index is 0.0814. The van der Waals surface area contributed by atoms with Gasteiger partial charge in [-0.05, 0) is 18.2 Å². The molecule has 0 fully saturated rings. The molecular weight excluding hydrogens is 387 g/mol. The van der Waals surface area contributed by atoms with Crippen LogP contribution in [-0.2, 0) is 24.1 Å². The molecule has 1 aromatic rings. The van der Waals surface area contributed by atoms with Gasteiger partial charge in [0.1, 0.15) is 5.71 Å². The van der Waals surface area contributed by atoms with Crippen molar-refractivity contribution in [2.24, 2.45) is 4.40 Å². The van der Waals surface area contributed by atoms with Crippen molar-refractivity contribution in [1.82, 2.24) is 4.72 Å². The van der Waals surface area contributed by atoms with Gasteiger partial charge in [0.05, 0.1) is 15.6 Å². The van der Waals surface area contributed by atoms with Crippen LogP contribution in [0.2, 0.25) is 0 Å². The zero-order valence-electron chi connectivity index (χ0n) is 11.1. The van der Waals surface area contributed by atoms with E-state index < -0.39 is 30.8 Å². The van der Waals surface area contributed by atoms with Gasteiger partial charge in [0.25, 0.3) is 10.0 Å². The molecule has 0 aliphatic heterocycles. The molecule has 0 atom stereocenters. The van der Waals surface area contributed by atoms with Crippen LogP contribution in [0, 0.1) is 0 Å². The number of sulfonamides is 1. The summed E-state index contributed by atoms with van der Waals surface area (Å²) in [5.41, 5.74) is -0.753. The summed E-state index contributed by atoms with van der Waals surface area (Å²) in [6, 6.07) is 7.28. The highest BCUT2D eigenvalue weighted by molar-refractivity contribution is 8.12. The zero-order chi connectivity index (χ0) is 17.3. The highest BCUT2D eigenvalue weighted by atomic mass is 35.7. The fourth-order valence-electron chi connectivity index (χ4n) is 1.62. The molecule has 0 radical (unpaired) electrons. The first-order chi connectivity index (χ1) is 10.6. The van der Waals surface area contributed by atoms with E-state index in [0.717, 1.165) is 12.2 Å². The quantitative estimate of drug-likeness (QED) is 0.614. The number of rotatable bonds is 4. The first kappa shape index (κ1) is 17.7. The zero-order valence-corrected chi connectivity index (χ0v) is 14.2. The molecule has 2 rings (SSSR count). The van der Waals surface area contributed by atoms with Crippen molar-refractivity contribution in [2.45, 2.75) is 4.90 Å². The van der Waals surface area contributed by atoms with E-state index in [4.69, 9.17) is 22.3 Å². The van der Waals surface area contributed by atoms with Crippen LogP contribution < -0.4 is 4.72 Å². The minimum atomic E-state index is -4.35.